The van der Waals surface area contributed by atoms with Crippen LogP contribution in [0.4, 0.5) is 11.4 Å². The molecule has 1 unspecified atom stereocenters. The van der Waals surface area contributed by atoms with Crippen LogP contribution in [0, 0.1) is 11.3 Å². The molecule has 2 N–H and O–H groups in total. The van der Waals surface area contributed by atoms with E-state index in [1.165, 1.54) is 0 Å². The smallest absolute Gasteiger partial charge is 0.228 e. The fraction of sp³-hybridized carbons (Fsp3) is 0.611. The quantitative estimate of drug-likeness (QED) is 0.828. The van der Waals surface area contributed by atoms with Crippen molar-refractivity contribution in [2.24, 2.45) is 11.3 Å². The molecule has 3 fully saturated rings. The average Bonchev–Trinajstić information content (AvgIpc) is 3.29. The molecule has 2 heterocycles. The van der Waals surface area contributed by atoms with Crippen molar-refractivity contribution in [2.75, 3.05) is 49.6 Å². The molecule has 3 aliphatic rings. The lowest BCUT2D eigenvalue weighted by Crippen LogP contribution is -2.37. The molecular weight excluding hydrogens is 370 g/mol. The Morgan fingerprint density at radius 2 is 2.04 bits per heavy atom. The van der Waals surface area contributed by atoms with Gasteiger partial charge in [-0.2, -0.15) is 0 Å². The number of carbonyl (C=O) groups is 1. The Labute approximate surface area is 151 Å². The zero-order chi connectivity index (χ0) is 16.6. The summed E-state index contributed by atoms with van der Waals surface area (Å²) in [4.78, 5) is 15.1. The highest BCUT2D eigenvalue weighted by atomic mass is 79.9. The van der Waals surface area contributed by atoms with Gasteiger partial charge in [-0.05, 0) is 56.0 Å². The number of hydrogen-bond acceptors (Lipinski definition) is 4. The number of piperidine rings is 1. The lowest BCUT2D eigenvalue weighted by Gasteiger charge is -2.31. The first-order chi connectivity index (χ1) is 11.7. The van der Waals surface area contributed by atoms with Gasteiger partial charge < -0.3 is 20.3 Å². The zero-order valence-electron chi connectivity index (χ0n) is 13.8. The molecule has 5 nitrogen and oxygen atoms in total. The number of rotatable bonds is 3. The molecule has 1 aromatic rings. The summed E-state index contributed by atoms with van der Waals surface area (Å²) < 4.78 is 6.43. The number of nitrogens with one attached hydrogen (secondary N) is 2. The fourth-order valence-corrected chi connectivity index (χ4v) is 4.46. The van der Waals surface area contributed by atoms with Crippen molar-refractivity contribution in [1.82, 2.24) is 5.32 Å². The Morgan fingerprint density at radius 1 is 1.29 bits per heavy atom. The highest BCUT2D eigenvalue weighted by Gasteiger charge is 2.57. The molecule has 0 bridgehead atoms. The maximum atomic E-state index is 12.8. The number of benzene rings is 1. The number of nitrogens with zero attached hydrogens (tertiary/aromatic N) is 1. The number of ether oxygens (including phenoxy) is 1. The number of hydrogen-bond donors (Lipinski definition) is 2. The van der Waals surface area contributed by atoms with Gasteiger partial charge in [0.25, 0.3) is 0 Å². The van der Waals surface area contributed by atoms with Gasteiger partial charge in [0.15, 0.2) is 0 Å². The van der Waals surface area contributed by atoms with Crippen molar-refractivity contribution in [2.45, 2.75) is 19.3 Å². The van der Waals surface area contributed by atoms with Crippen LogP contribution in [0.2, 0.25) is 0 Å². The van der Waals surface area contributed by atoms with Gasteiger partial charge in [0.1, 0.15) is 0 Å². The van der Waals surface area contributed by atoms with Crippen LogP contribution in [-0.2, 0) is 9.53 Å². The molecule has 0 radical (unpaired) electrons. The first-order valence-corrected chi connectivity index (χ1v) is 9.61. The van der Waals surface area contributed by atoms with Crippen molar-refractivity contribution in [1.29, 1.82) is 0 Å². The summed E-state index contributed by atoms with van der Waals surface area (Å²) in [5.41, 5.74) is 2.27. The van der Waals surface area contributed by atoms with Crippen molar-refractivity contribution in [3.05, 3.63) is 22.7 Å². The molecule has 1 spiro atoms. The summed E-state index contributed by atoms with van der Waals surface area (Å²) in [6, 6.07) is 6.13. The fourth-order valence-electron chi connectivity index (χ4n) is 4.10. The number of carbonyl (C=O) groups excluding carboxylic acids is 1. The zero-order valence-corrected chi connectivity index (χ0v) is 15.4. The second-order valence-electron chi connectivity index (χ2n) is 7.12. The van der Waals surface area contributed by atoms with E-state index in [9.17, 15) is 4.79 Å². The third-order valence-electron chi connectivity index (χ3n) is 5.67. The van der Waals surface area contributed by atoms with E-state index in [0.29, 0.717) is 0 Å². The molecule has 2 aliphatic heterocycles. The van der Waals surface area contributed by atoms with Crippen molar-refractivity contribution in [3.8, 4) is 0 Å². The molecular formula is C18H24BrN3O2. The third kappa shape index (κ3) is 3.19. The van der Waals surface area contributed by atoms with E-state index in [4.69, 9.17) is 4.74 Å². The topological polar surface area (TPSA) is 53.6 Å². The van der Waals surface area contributed by atoms with Gasteiger partial charge in [0, 0.05) is 23.5 Å². The molecule has 1 aromatic carbocycles. The summed E-state index contributed by atoms with van der Waals surface area (Å²) in [6.45, 7) is 5.29. The SMILES string of the molecule is O=C(Nc1cc(Br)ccc1N1CCOCC1)C1CC12CCNCC2. The Balaban J connectivity index is 1.49. The van der Waals surface area contributed by atoms with E-state index in [1.807, 2.05) is 12.1 Å². The Kier molecular flexibility index (Phi) is 4.54. The predicted molar refractivity (Wildman–Crippen MR) is 98.4 cm³/mol. The van der Waals surface area contributed by atoms with Crippen molar-refractivity contribution in [3.63, 3.8) is 0 Å². The number of halogens is 1. The Morgan fingerprint density at radius 3 is 2.79 bits per heavy atom. The molecule has 24 heavy (non-hydrogen) atoms. The second-order valence-corrected chi connectivity index (χ2v) is 8.03. The van der Waals surface area contributed by atoms with Crippen LogP contribution >= 0.6 is 15.9 Å². The summed E-state index contributed by atoms with van der Waals surface area (Å²) in [6.07, 6.45) is 3.29. The number of morpholine rings is 1. The summed E-state index contributed by atoms with van der Waals surface area (Å²) in [5, 5.41) is 6.60. The van der Waals surface area contributed by atoms with E-state index in [-0.39, 0.29) is 17.2 Å². The van der Waals surface area contributed by atoms with Gasteiger partial charge in [0.05, 0.1) is 24.6 Å². The van der Waals surface area contributed by atoms with Crippen molar-refractivity contribution >= 4 is 33.2 Å². The molecule has 130 valence electrons. The molecule has 0 aromatic heterocycles. The van der Waals surface area contributed by atoms with E-state index < -0.39 is 0 Å². The van der Waals surface area contributed by atoms with E-state index >= 15 is 0 Å². The molecule has 1 amide bonds. The maximum Gasteiger partial charge on any atom is 0.228 e. The average molecular weight is 394 g/mol. The van der Waals surface area contributed by atoms with Crippen LogP contribution in [0.5, 0.6) is 0 Å². The molecule has 1 aliphatic carbocycles. The maximum absolute atomic E-state index is 12.8. The monoisotopic (exact) mass is 393 g/mol. The molecule has 6 heteroatoms. The minimum Gasteiger partial charge on any atom is -0.378 e. The van der Waals surface area contributed by atoms with Gasteiger partial charge >= 0.3 is 0 Å². The minimum atomic E-state index is 0.177. The van der Waals surface area contributed by atoms with E-state index in [1.54, 1.807) is 0 Å². The van der Waals surface area contributed by atoms with Crippen LogP contribution in [0.15, 0.2) is 22.7 Å². The molecule has 4 rings (SSSR count). The van der Waals surface area contributed by atoms with Crippen LogP contribution in [0.1, 0.15) is 19.3 Å². The number of anilines is 2. The van der Waals surface area contributed by atoms with Gasteiger partial charge in [0.2, 0.25) is 5.91 Å². The highest BCUT2D eigenvalue weighted by molar-refractivity contribution is 9.10. The minimum absolute atomic E-state index is 0.177. The van der Waals surface area contributed by atoms with Gasteiger partial charge in [-0.25, -0.2) is 0 Å². The summed E-state index contributed by atoms with van der Waals surface area (Å²) in [5.74, 6) is 0.362. The molecule has 2 saturated heterocycles. The lowest BCUT2D eigenvalue weighted by atomic mass is 9.92. The largest absolute Gasteiger partial charge is 0.378 e. The first-order valence-electron chi connectivity index (χ1n) is 8.82. The summed E-state index contributed by atoms with van der Waals surface area (Å²) >= 11 is 3.53. The second kappa shape index (κ2) is 6.65. The Hall–Kier alpha value is -1.11. The third-order valence-corrected chi connectivity index (χ3v) is 6.17. The van der Waals surface area contributed by atoms with E-state index in [2.05, 4.69) is 37.5 Å². The first kappa shape index (κ1) is 16.4. The summed E-state index contributed by atoms with van der Waals surface area (Å²) in [7, 11) is 0. The normalized spacial score (nSPS) is 25.5. The molecule has 1 saturated carbocycles. The predicted octanol–water partition coefficient (Wildman–Crippen LogP) is 2.61. The van der Waals surface area contributed by atoms with Crippen molar-refractivity contribution < 1.29 is 9.53 Å². The van der Waals surface area contributed by atoms with Crippen LogP contribution in [0.25, 0.3) is 0 Å². The van der Waals surface area contributed by atoms with Gasteiger partial charge in [-0.3, -0.25) is 4.79 Å². The van der Waals surface area contributed by atoms with Crippen LogP contribution in [-0.4, -0.2) is 45.3 Å². The van der Waals surface area contributed by atoms with E-state index in [0.717, 1.165) is 74.5 Å². The van der Waals surface area contributed by atoms with Gasteiger partial charge in [-0.1, -0.05) is 15.9 Å². The van der Waals surface area contributed by atoms with Gasteiger partial charge in [-0.15, -0.1) is 0 Å². The standard InChI is InChI=1S/C18H24BrN3O2/c19-13-1-2-16(22-7-9-24-10-8-22)15(11-13)21-17(23)14-12-18(14)3-5-20-6-4-18/h1-2,11,14,20H,3-10,12H2,(H,21,23). The number of amides is 1. The Bertz CT molecular complexity index is 625. The lowest BCUT2D eigenvalue weighted by molar-refractivity contribution is -0.118. The molecule has 1 atom stereocenters. The van der Waals surface area contributed by atoms with Crippen LogP contribution in [0.3, 0.4) is 0 Å². The van der Waals surface area contributed by atoms with Crippen LogP contribution < -0.4 is 15.5 Å². The highest BCUT2D eigenvalue weighted by Crippen LogP contribution is 2.58.